The zero-order valence-electron chi connectivity index (χ0n) is 18.3. The Bertz CT molecular complexity index is 1270. The number of H-pyrrole nitrogens is 2. The molecule has 1 saturated heterocycles. The van der Waals surface area contributed by atoms with Crippen molar-refractivity contribution in [1.82, 2.24) is 35.0 Å². The number of amides is 1. The summed E-state index contributed by atoms with van der Waals surface area (Å²) >= 11 is 0. The van der Waals surface area contributed by atoms with E-state index >= 15 is 0 Å². The van der Waals surface area contributed by atoms with Gasteiger partial charge in [-0.3, -0.25) is 9.89 Å². The van der Waals surface area contributed by atoms with Crippen molar-refractivity contribution in [2.75, 3.05) is 43.4 Å². The highest BCUT2D eigenvalue weighted by Crippen LogP contribution is 2.25. The molecule has 0 unspecified atom stereocenters. The first-order chi connectivity index (χ1) is 15.5. The van der Waals surface area contributed by atoms with Gasteiger partial charge in [0.05, 0.1) is 17.6 Å². The highest BCUT2D eigenvalue weighted by atomic mass is 16.1. The van der Waals surface area contributed by atoms with Gasteiger partial charge in [-0.25, -0.2) is 15.0 Å². The van der Waals surface area contributed by atoms with Crippen LogP contribution in [0.25, 0.3) is 22.3 Å². The van der Waals surface area contributed by atoms with Gasteiger partial charge in [0.15, 0.2) is 5.69 Å². The Labute approximate surface area is 185 Å². The van der Waals surface area contributed by atoms with Crippen molar-refractivity contribution in [3.63, 3.8) is 0 Å². The number of carbonyl (C=O) groups is 1. The number of pyridine rings is 1. The number of hydrogen-bond donors (Lipinski definition) is 3. The van der Waals surface area contributed by atoms with E-state index in [1.807, 2.05) is 38.4 Å². The van der Waals surface area contributed by atoms with E-state index < -0.39 is 0 Å². The van der Waals surface area contributed by atoms with E-state index in [4.69, 9.17) is 0 Å². The number of nitrogens with zero attached hydrogens (tertiary/aromatic N) is 6. The van der Waals surface area contributed by atoms with Crippen LogP contribution in [0.5, 0.6) is 0 Å². The molecule has 10 heteroatoms. The maximum absolute atomic E-state index is 12.5. The molecule has 0 aliphatic carbocycles. The lowest BCUT2D eigenvalue weighted by Gasteiger charge is -2.32. The lowest BCUT2D eigenvalue weighted by molar-refractivity contribution is 0.102. The molecule has 0 bridgehead atoms. The second kappa shape index (κ2) is 8.04. The Balaban J connectivity index is 1.33. The number of aromatic amines is 2. The smallest absolute Gasteiger partial charge is 0.276 e. The van der Waals surface area contributed by atoms with Crippen LogP contribution in [0.1, 0.15) is 21.7 Å². The number of rotatable bonds is 4. The average molecular weight is 432 g/mol. The van der Waals surface area contributed by atoms with Crippen molar-refractivity contribution in [1.29, 1.82) is 0 Å². The Morgan fingerprint density at radius 3 is 2.47 bits per heavy atom. The third kappa shape index (κ3) is 3.80. The topological polar surface area (TPSA) is 119 Å². The molecule has 164 valence electrons. The minimum Gasteiger partial charge on any atom is -0.339 e. The first-order valence-electron chi connectivity index (χ1n) is 10.6. The fourth-order valence-corrected chi connectivity index (χ4v) is 3.77. The van der Waals surface area contributed by atoms with Crippen molar-refractivity contribution in [3.05, 3.63) is 47.7 Å². The summed E-state index contributed by atoms with van der Waals surface area (Å²) in [4.78, 5) is 33.9. The summed E-state index contributed by atoms with van der Waals surface area (Å²) in [6.07, 6.45) is 5.29. The zero-order chi connectivity index (χ0) is 22.2. The van der Waals surface area contributed by atoms with Gasteiger partial charge in [0.1, 0.15) is 5.65 Å². The molecule has 0 aromatic carbocycles. The van der Waals surface area contributed by atoms with Crippen LogP contribution >= 0.6 is 0 Å². The predicted molar refractivity (Wildman–Crippen MR) is 123 cm³/mol. The number of likely N-dealkylation sites (N-methyl/N-ethyl adjacent to an activating group) is 1. The summed E-state index contributed by atoms with van der Waals surface area (Å²) in [6.45, 7) is 7.63. The molecule has 1 fully saturated rings. The average Bonchev–Trinajstić information content (AvgIpc) is 3.37. The molecule has 0 saturated carbocycles. The van der Waals surface area contributed by atoms with Crippen molar-refractivity contribution in [2.45, 2.75) is 13.8 Å². The van der Waals surface area contributed by atoms with Gasteiger partial charge in [-0.2, -0.15) is 5.10 Å². The van der Waals surface area contributed by atoms with E-state index in [0.29, 0.717) is 11.4 Å². The second-order valence-electron chi connectivity index (χ2n) is 8.18. The molecule has 4 aromatic rings. The van der Waals surface area contributed by atoms with Gasteiger partial charge in [-0.1, -0.05) is 0 Å². The largest absolute Gasteiger partial charge is 0.339 e. The van der Waals surface area contributed by atoms with Gasteiger partial charge in [-0.05, 0) is 33.0 Å². The Morgan fingerprint density at radius 1 is 1.03 bits per heavy atom. The third-order valence-electron chi connectivity index (χ3n) is 5.93. The van der Waals surface area contributed by atoms with E-state index in [9.17, 15) is 4.79 Å². The van der Waals surface area contributed by atoms with Crippen molar-refractivity contribution >= 4 is 28.6 Å². The molecule has 4 aromatic heterocycles. The fraction of sp³-hybridized carbons (Fsp3) is 0.318. The Kier molecular flexibility index (Phi) is 5.06. The number of aryl methyl sites for hydroxylation is 1. The van der Waals surface area contributed by atoms with E-state index in [0.717, 1.165) is 65.7 Å². The monoisotopic (exact) mass is 431 g/mol. The first kappa shape index (κ1) is 20.1. The molecule has 32 heavy (non-hydrogen) atoms. The molecule has 1 aliphatic heterocycles. The van der Waals surface area contributed by atoms with Crippen LogP contribution in [0.3, 0.4) is 0 Å². The van der Waals surface area contributed by atoms with Gasteiger partial charge < -0.3 is 20.1 Å². The highest BCUT2D eigenvalue weighted by molar-refractivity contribution is 6.04. The number of hydrogen-bond acceptors (Lipinski definition) is 7. The van der Waals surface area contributed by atoms with Gasteiger partial charge in [0, 0.05) is 60.8 Å². The van der Waals surface area contributed by atoms with E-state index in [-0.39, 0.29) is 5.91 Å². The Morgan fingerprint density at radius 2 is 1.78 bits per heavy atom. The lowest BCUT2D eigenvalue weighted by Crippen LogP contribution is -2.45. The van der Waals surface area contributed by atoms with Gasteiger partial charge in [0.2, 0.25) is 5.95 Å². The molecule has 3 N–H and O–H groups in total. The third-order valence-corrected chi connectivity index (χ3v) is 5.93. The quantitative estimate of drug-likeness (QED) is 0.454. The number of fused-ring (bicyclic) bond motifs is 1. The van der Waals surface area contributed by atoms with Gasteiger partial charge in [-0.15, -0.1) is 0 Å². The second-order valence-corrected chi connectivity index (χ2v) is 8.18. The predicted octanol–water partition coefficient (Wildman–Crippen LogP) is 2.36. The highest BCUT2D eigenvalue weighted by Gasteiger charge is 2.17. The molecule has 5 heterocycles. The molecular formula is C22H25N9O. The van der Waals surface area contributed by atoms with Crippen molar-refractivity contribution < 1.29 is 4.79 Å². The number of carbonyl (C=O) groups excluding carboxylic acids is 1. The summed E-state index contributed by atoms with van der Waals surface area (Å²) in [5.41, 5.74) is 5.19. The molecule has 5 rings (SSSR count). The molecule has 10 nitrogen and oxygen atoms in total. The number of anilines is 2. The van der Waals surface area contributed by atoms with Gasteiger partial charge >= 0.3 is 0 Å². The van der Waals surface area contributed by atoms with Gasteiger partial charge in [0.25, 0.3) is 5.91 Å². The maximum atomic E-state index is 12.5. The fourth-order valence-electron chi connectivity index (χ4n) is 3.77. The van der Waals surface area contributed by atoms with Crippen LogP contribution in [-0.2, 0) is 0 Å². The van der Waals surface area contributed by atoms with Crippen LogP contribution in [0.2, 0.25) is 0 Å². The van der Waals surface area contributed by atoms with E-state index in [2.05, 4.69) is 52.3 Å². The van der Waals surface area contributed by atoms with Crippen LogP contribution in [0.15, 0.2) is 30.7 Å². The number of aromatic nitrogens is 6. The standard InChI is InChI=1S/C22H25N9O/c1-13-14(2)28-29-19(13)21(32)26-17-8-15-9-18(27-20(15)23-12-17)16-10-24-22(25-11-16)31-6-4-30(3)5-7-31/h8-12H,4-7H2,1-3H3,(H,23,27)(H,26,32)(H,28,29). The minimum absolute atomic E-state index is 0.267. The van der Waals surface area contributed by atoms with Crippen LogP contribution in [0.4, 0.5) is 11.6 Å². The van der Waals surface area contributed by atoms with Crippen LogP contribution in [-0.4, -0.2) is 74.2 Å². The zero-order valence-corrected chi connectivity index (χ0v) is 18.3. The molecular weight excluding hydrogens is 406 g/mol. The Hall–Kier alpha value is -3.79. The SMILES string of the molecule is Cc1[nH]nc(C(=O)Nc2cnc3[nH]c(-c4cnc(N5CCN(C)CC5)nc4)cc3c2)c1C. The molecule has 0 spiro atoms. The number of nitrogens with one attached hydrogen (secondary N) is 3. The molecule has 0 atom stereocenters. The van der Waals surface area contributed by atoms with Crippen LogP contribution < -0.4 is 10.2 Å². The summed E-state index contributed by atoms with van der Waals surface area (Å²) in [5, 5.41) is 10.7. The molecule has 1 aliphatic rings. The van der Waals surface area contributed by atoms with E-state index in [1.54, 1.807) is 6.20 Å². The molecule has 1 amide bonds. The van der Waals surface area contributed by atoms with E-state index in [1.165, 1.54) is 0 Å². The maximum Gasteiger partial charge on any atom is 0.276 e. The summed E-state index contributed by atoms with van der Waals surface area (Å²) in [7, 11) is 2.13. The number of piperazine rings is 1. The summed E-state index contributed by atoms with van der Waals surface area (Å²) in [6, 6.07) is 3.87. The summed E-state index contributed by atoms with van der Waals surface area (Å²) in [5.74, 6) is 0.488. The minimum atomic E-state index is -0.267. The van der Waals surface area contributed by atoms with Crippen LogP contribution in [0, 0.1) is 13.8 Å². The summed E-state index contributed by atoms with van der Waals surface area (Å²) < 4.78 is 0. The first-order valence-corrected chi connectivity index (χ1v) is 10.6. The van der Waals surface area contributed by atoms with Crippen molar-refractivity contribution in [2.24, 2.45) is 0 Å². The van der Waals surface area contributed by atoms with Crippen molar-refractivity contribution in [3.8, 4) is 11.3 Å². The lowest BCUT2D eigenvalue weighted by atomic mass is 10.2. The normalized spacial score (nSPS) is 14.8. The molecule has 0 radical (unpaired) electrons.